The first-order valence-electron chi connectivity index (χ1n) is 20.2. The summed E-state index contributed by atoms with van der Waals surface area (Å²) in [5, 5.41) is 12.6. The van der Waals surface area contributed by atoms with Gasteiger partial charge in [-0.3, -0.25) is 0 Å². The minimum atomic E-state index is 0.0297. The van der Waals surface area contributed by atoms with E-state index in [9.17, 15) is 0 Å². The fourth-order valence-electron chi connectivity index (χ4n) is 9.30. The highest BCUT2D eigenvalue weighted by Crippen LogP contribution is 2.45. The first-order chi connectivity index (χ1) is 28.0. The van der Waals surface area contributed by atoms with Crippen molar-refractivity contribution in [1.82, 2.24) is 4.57 Å². The fourth-order valence-corrected chi connectivity index (χ4v) is 11.5. The van der Waals surface area contributed by atoms with Gasteiger partial charge in [-0.1, -0.05) is 108 Å². The Kier molecular flexibility index (Phi) is 7.01. The molecule has 4 aromatic heterocycles. The molecule has 3 nitrogen and oxygen atoms in total. The largest absolute Gasteiger partial charge is 0.456 e. The van der Waals surface area contributed by atoms with Crippen LogP contribution in [0.4, 0.5) is 11.4 Å². The van der Waals surface area contributed by atoms with Crippen molar-refractivity contribution in [3.63, 3.8) is 0 Å². The average molecular weight is 784 g/mol. The van der Waals surface area contributed by atoms with Crippen LogP contribution in [0.3, 0.4) is 0 Å². The number of nitrogens with zero attached hydrogens (tertiary/aromatic N) is 1. The summed E-state index contributed by atoms with van der Waals surface area (Å²) in [7, 11) is 2.48. The SMILES string of the molecule is CC(C)(C)c1ccc(Nc2cc3sc4ccccc4c3cc2-c2ccc3c4cc5c(cc4n4c3c2[B]c2sc3ccc(C(C)(C)C)cc3c2-4)oc2ccccc25)cc1. The third kappa shape index (κ3) is 4.98. The molecule has 1 aliphatic heterocycles. The molecule has 11 aromatic rings. The Labute approximate surface area is 345 Å². The van der Waals surface area contributed by atoms with Crippen LogP contribution in [0.1, 0.15) is 52.7 Å². The average Bonchev–Trinajstić information content (AvgIpc) is 3.95. The number of nitrogens with one attached hydrogen (secondary N) is 1. The molecule has 279 valence electrons. The molecule has 6 heteroatoms. The lowest BCUT2D eigenvalue weighted by Gasteiger charge is -2.23. The number of hydrogen-bond donors (Lipinski definition) is 1. The first kappa shape index (κ1) is 34.2. The summed E-state index contributed by atoms with van der Waals surface area (Å²) >= 11 is 3.76. The Hall–Kier alpha value is -5.82. The van der Waals surface area contributed by atoms with E-state index in [1.165, 1.54) is 90.2 Å². The van der Waals surface area contributed by atoms with E-state index in [1.54, 1.807) is 0 Å². The van der Waals surface area contributed by atoms with Gasteiger partial charge >= 0.3 is 0 Å². The molecule has 0 spiro atoms. The van der Waals surface area contributed by atoms with E-state index in [0.29, 0.717) is 0 Å². The summed E-state index contributed by atoms with van der Waals surface area (Å²) in [6, 6.07) is 47.5. The van der Waals surface area contributed by atoms with Crippen LogP contribution < -0.4 is 15.6 Å². The number of fused-ring (bicyclic) bond motifs is 13. The van der Waals surface area contributed by atoms with Gasteiger partial charge < -0.3 is 14.3 Å². The summed E-state index contributed by atoms with van der Waals surface area (Å²) in [5.41, 5.74) is 14.1. The number of hydrogen-bond acceptors (Lipinski definition) is 4. The standard InChI is InChI=1S/C52H40BN2OS2/c1-51(2,3)28-15-18-30(19-16-28)54-40-26-46-38(32-12-8-10-14-44(32)57-46)24-35(40)33-20-21-34-36-25-37-31-11-7-9-13-42(31)56-43(37)27-41(36)55-48(34)47(33)53-50-49(55)39-23-29(52(4,5)6)17-22-45(39)58-50/h7-27,54H,1-6H3. The van der Waals surface area contributed by atoms with Crippen LogP contribution in [0.25, 0.3) is 90.8 Å². The van der Waals surface area contributed by atoms with Crippen LogP contribution in [0.5, 0.6) is 0 Å². The third-order valence-electron chi connectivity index (χ3n) is 12.4. The minimum Gasteiger partial charge on any atom is -0.456 e. The van der Waals surface area contributed by atoms with Crippen LogP contribution in [0.15, 0.2) is 132 Å². The number of furan rings is 1. The predicted molar refractivity (Wildman–Crippen MR) is 254 cm³/mol. The monoisotopic (exact) mass is 783 g/mol. The summed E-state index contributed by atoms with van der Waals surface area (Å²) in [4.78, 5) is 0. The molecule has 0 amide bonds. The predicted octanol–water partition coefficient (Wildman–Crippen LogP) is 14.2. The normalized spacial score (nSPS) is 13.1. The summed E-state index contributed by atoms with van der Waals surface area (Å²) < 4.78 is 14.3. The molecule has 0 unspecified atom stereocenters. The maximum Gasteiger partial charge on any atom is 0.211 e. The van der Waals surface area contributed by atoms with E-state index >= 15 is 0 Å². The van der Waals surface area contributed by atoms with Gasteiger partial charge in [0.05, 0.1) is 11.2 Å². The molecule has 0 aliphatic carbocycles. The number of benzene rings is 7. The van der Waals surface area contributed by atoms with Crippen molar-refractivity contribution in [3.05, 3.63) is 139 Å². The Morgan fingerprint density at radius 2 is 1.28 bits per heavy atom. The van der Waals surface area contributed by atoms with E-state index in [2.05, 4.69) is 186 Å². The molecule has 1 radical (unpaired) electrons. The number of rotatable bonds is 3. The Morgan fingerprint density at radius 3 is 2.09 bits per heavy atom. The Balaban J connectivity index is 1.16. The van der Waals surface area contributed by atoms with Crippen LogP contribution in [-0.4, -0.2) is 11.8 Å². The van der Waals surface area contributed by atoms with Crippen molar-refractivity contribution >= 4 is 126 Å². The molecule has 0 fully saturated rings. The molecule has 0 atom stereocenters. The fraction of sp³-hybridized carbons (Fsp3) is 0.154. The highest BCUT2D eigenvalue weighted by molar-refractivity contribution is 7.29. The Bertz CT molecular complexity index is 3530. The molecule has 7 aromatic carbocycles. The Morgan fingerprint density at radius 1 is 0.534 bits per heavy atom. The van der Waals surface area contributed by atoms with Gasteiger partial charge in [-0.05, 0) is 92.4 Å². The van der Waals surface area contributed by atoms with Crippen molar-refractivity contribution in [2.24, 2.45) is 0 Å². The highest BCUT2D eigenvalue weighted by Gasteiger charge is 2.31. The maximum atomic E-state index is 6.56. The number of aromatic nitrogens is 1. The lowest BCUT2D eigenvalue weighted by molar-refractivity contribution is 0.590. The zero-order valence-electron chi connectivity index (χ0n) is 33.4. The van der Waals surface area contributed by atoms with E-state index < -0.39 is 0 Å². The van der Waals surface area contributed by atoms with Crippen molar-refractivity contribution in [1.29, 1.82) is 0 Å². The highest BCUT2D eigenvalue weighted by atomic mass is 32.1. The first-order valence-corrected chi connectivity index (χ1v) is 21.8. The van der Waals surface area contributed by atoms with Crippen molar-refractivity contribution in [2.75, 3.05) is 5.32 Å². The lowest BCUT2D eigenvalue weighted by atomic mass is 9.63. The van der Waals surface area contributed by atoms with Gasteiger partial charge in [0.15, 0.2) is 0 Å². The second-order valence-corrected chi connectivity index (χ2v) is 20.3. The zero-order chi connectivity index (χ0) is 39.2. The summed E-state index contributed by atoms with van der Waals surface area (Å²) in [6.45, 7) is 13.7. The van der Waals surface area contributed by atoms with Crippen molar-refractivity contribution in [2.45, 2.75) is 52.4 Å². The third-order valence-corrected chi connectivity index (χ3v) is 14.6. The van der Waals surface area contributed by atoms with Gasteiger partial charge in [-0.2, -0.15) is 0 Å². The molecule has 1 N–H and O–H groups in total. The molecular formula is C52H40BN2OS2. The van der Waals surface area contributed by atoms with E-state index in [0.717, 1.165) is 33.3 Å². The summed E-state index contributed by atoms with van der Waals surface area (Å²) in [5.74, 6) is 0. The van der Waals surface area contributed by atoms with Crippen molar-refractivity contribution in [3.8, 4) is 16.8 Å². The number of para-hydroxylation sites is 1. The second kappa shape index (κ2) is 11.9. The molecule has 5 heterocycles. The minimum absolute atomic E-state index is 0.0297. The van der Waals surface area contributed by atoms with Gasteiger partial charge in [-0.15, -0.1) is 22.7 Å². The molecule has 1 aliphatic rings. The van der Waals surface area contributed by atoms with Crippen LogP contribution in [-0.2, 0) is 10.8 Å². The van der Waals surface area contributed by atoms with Crippen LogP contribution >= 0.6 is 22.7 Å². The van der Waals surface area contributed by atoms with Gasteiger partial charge in [0.2, 0.25) is 7.28 Å². The van der Waals surface area contributed by atoms with Gasteiger partial charge in [0, 0.05) is 80.3 Å². The number of thiophene rings is 2. The molecule has 0 bridgehead atoms. The van der Waals surface area contributed by atoms with E-state index in [4.69, 9.17) is 4.42 Å². The lowest BCUT2D eigenvalue weighted by Crippen LogP contribution is -2.35. The van der Waals surface area contributed by atoms with Gasteiger partial charge in [0.25, 0.3) is 0 Å². The quantitative estimate of drug-likeness (QED) is 0.181. The molecule has 0 saturated heterocycles. The maximum absolute atomic E-state index is 6.56. The smallest absolute Gasteiger partial charge is 0.211 e. The number of anilines is 2. The molecule has 58 heavy (non-hydrogen) atoms. The van der Waals surface area contributed by atoms with Crippen LogP contribution in [0, 0.1) is 0 Å². The summed E-state index contributed by atoms with van der Waals surface area (Å²) in [6.07, 6.45) is 0. The van der Waals surface area contributed by atoms with Crippen molar-refractivity contribution < 1.29 is 4.42 Å². The second-order valence-electron chi connectivity index (χ2n) is 18.1. The molecular weight excluding hydrogens is 744 g/mol. The molecule has 0 saturated carbocycles. The van der Waals surface area contributed by atoms with Gasteiger partial charge in [0.1, 0.15) is 11.2 Å². The molecule has 12 rings (SSSR count). The topological polar surface area (TPSA) is 30.1 Å². The zero-order valence-corrected chi connectivity index (χ0v) is 35.0. The van der Waals surface area contributed by atoms with Gasteiger partial charge in [-0.25, -0.2) is 0 Å². The van der Waals surface area contributed by atoms with Crippen LogP contribution in [0.2, 0.25) is 0 Å². The van der Waals surface area contributed by atoms with E-state index in [1.807, 2.05) is 22.7 Å². The van der Waals surface area contributed by atoms with E-state index in [-0.39, 0.29) is 10.8 Å².